The number of nitrogen functional groups attached to an aromatic ring is 1. The van der Waals surface area contributed by atoms with Crippen molar-refractivity contribution >= 4 is 32.9 Å². The highest BCUT2D eigenvalue weighted by Gasteiger charge is 2.28. The molecule has 0 saturated heterocycles. The van der Waals surface area contributed by atoms with Gasteiger partial charge in [-0.2, -0.15) is 0 Å². The minimum Gasteiger partial charge on any atom is -0.395 e. The number of anilines is 3. The van der Waals surface area contributed by atoms with E-state index in [4.69, 9.17) is 10.8 Å². The fourth-order valence-electron chi connectivity index (χ4n) is 3.18. The zero-order valence-electron chi connectivity index (χ0n) is 17.7. The van der Waals surface area contributed by atoms with Gasteiger partial charge in [0.2, 0.25) is 5.91 Å². The van der Waals surface area contributed by atoms with E-state index in [1.165, 1.54) is 5.56 Å². The molecule has 0 aliphatic heterocycles. The van der Waals surface area contributed by atoms with Gasteiger partial charge in [-0.15, -0.1) is 11.3 Å². The zero-order chi connectivity index (χ0) is 21.1. The predicted octanol–water partition coefficient (Wildman–Crippen LogP) is 3.22. The molecule has 0 unspecified atom stereocenters. The van der Waals surface area contributed by atoms with Crippen LogP contribution < -0.4 is 16.0 Å². The Hall–Kier alpha value is -2.09. The monoisotopic (exact) mass is 404 g/mol. The summed E-state index contributed by atoms with van der Waals surface area (Å²) in [5, 5.41) is 13.8. The van der Waals surface area contributed by atoms with Crippen LogP contribution in [0.4, 0.5) is 15.7 Å². The highest BCUT2D eigenvalue weighted by Crippen LogP contribution is 2.49. The molecule has 0 aliphatic rings. The van der Waals surface area contributed by atoms with E-state index in [0.29, 0.717) is 6.54 Å². The van der Waals surface area contributed by atoms with E-state index >= 15 is 0 Å². The molecule has 0 aliphatic carbocycles. The maximum absolute atomic E-state index is 12.3. The summed E-state index contributed by atoms with van der Waals surface area (Å²) in [5.74, 6) is -0.114. The fourth-order valence-corrected chi connectivity index (χ4v) is 4.40. The van der Waals surface area contributed by atoms with Gasteiger partial charge in [0.05, 0.1) is 23.2 Å². The lowest BCUT2D eigenvalue weighted by molar-refractivity contribution is -0.117. The number of nitrogens with one attached hydrogen (secondary N) is 1. The van der Waals surface area contributed by atoms with Crippen LogP contribution in [-0.4, -0.2) is 56.8 Å². The van der Waals surface area contributed by atoms with Gasteiger partial charge in [-0.3, -0.25) is 9.69 Å². The number of thiophene rings is 1. The molecule has 1 aromatic heterocycles. The second kappa shape index (κ2) is 8.94. The average Bonchev–Trinajstić information content (AvgIpc) is 2.93. The number of rotatable bonds is 7. The minimum absolute atomic E-state index is 0.0283. The highest BCUT2D eigenvalue weighted by molar-refractivity contribution is 7.20. The number of benzene rings is 1. The van der Waals surface area contributed by atoms with Crippen LogP contribution in [0.25, 0.3) is 11.1 Å². The van der Waals surface area contributed by atoms with Crippen LogP contribution >= 0.6 is 11.3 Å². The summed E-state index contributed by atoms with van der Waals surface area (Å²) in [6, 6.07) is 7.80. The molecule has 0 atom stereocenters. The second-order valence-corrected chi connectivity index (χ2v) is 9.29. The first-order valence-corrected chi connectivity index (χ1v) is 10.2. The maximum atomic E-state index is 12.3. The first kappa shape index (κ1) is 22.2. The molecule has 1 heterocycles. The lowest BCUT2D eigenvalue weighted by Gasteiger charge is -2.25. The first-order chi connectivity index (χ1) is 13.0. The van der Waals surface area contributed by atoms with Crippen molar-refractivity contribution in [2.45, 2.75) is 26.2 Å². The molecule has 28 heavy (non-hydrogen) atoms. The van der Waals surface area contributed by atoms with E-state index in [0.717, 1.165) is 26.8 Å². The summed E-state index contributed by atoms with van der Waals surface area (Å²) in [7, 11) is 5.87. The van der Waals surface area contributed by atoms with Crippen LogP contribution in [-0.2, 0) is 10.2 Å². The molecular weight excluding hydrogens is 372 g/mol. The number of carbonyl (C=O) groups excluding carboxylic acids is 1. The molecule has 0 saturated carbocycles. The number of nitrogens with two attached hydrogens (primary N) is 1. The van der Waals surface area contributed by atoms with Gasteiger partial charge in [-0.25, -0.2) is 0 Å². The first-order valence-electron chi connectivity index (χ1n) is 9.34. The van der Waals surface area contributed by atoms with Gasteiger partial charge in [-0.05, 0) is 30.2 Å². The van der Waals surface area contributed by atoms with E-state index < -0.39 is 0 Å². The van der Waals surface area contributed by atoms with Crippen molar-refractivity contribution in [2.24, 2.45) is 0 Å². The standard InChI is InChI=1S/C21H32N4O2S/c1-21(2,3)18-17(19(22)28-20(18)24(4)5)14-8-7-9-15(12-14)23-16(27)13-25(6)10-11-26/h7-9,12,26H,10-11,13,22H2,1-6H3,(H,23,27). The van der Waals surface area contributed by atoms with Gasteiger partial charge in [-0.1, -0.05) is 32.9 Å². The Bertz CT molecular complexity index is 824. The molecule has 0 bridgehead atoms. The number of aliphatic hydroxyl groups is 1. The summed E-state index contributed by atoms with van der Waals surface area (Å²) in [6.07, 6.45) is 0. The molecule has 1 aromatic carbocycles. The number of hydrogen-bond acceptors (Lipinski definition) is 6. The van der Waals surface area contributed by atoms with Gasteiger partial charge >= 0.3 is 0 Å². The largest absolute Gasteiger partial charge is 0.395 e. The summed E-state index contributed by atoms with van der Waals surface area (Å²) < 4.78 is 0. The van der Waals surface area contributed by atoms with Crippen LogP contribution in [0.15, 0.2) is 24.3 Å². The van der Waals surface area contributed by atoms with Crippen LogP contribution in [0.3, 0.4) is 0 Å². The average molecular weight is 405 g/mol. The molecule has 0 spiro atoms. The van der Waals surface area contributed by atoms with Crippen LogP contribution in [0.2, 0.25) is 0 Å². The molecule has 0 radical (unpaired) electrons. The number of hydrogen-bond donors (Lipinski definition) is 3. The third-order valence-electron chi connectivity index (χ3n) is 4.40. The lowest BCUT2D eigenvalue weighted by Crippen LogP contribution is -2.32. The molecule has 7 heteroatoms. The van der Waals surface area contributed by atoms with Crippen molar-refractivity contribution in [1.29, 1.82) is 0 Å². The molecule has 0 fully saturated rings. The summed E-state index contributed by atoms with van der Waals surface area (Å²) in [6.45, 7) is 7.28. The van der Waals surface area contributed by atoms with E-state index in [1.54, 1.807) is 23.3 Å². The number of aliphatic hydroxyl groups excluding tert-OH is 1. The molecule has 4 N–H and O–H groups in total. The third-order valence-corrected chi connectivity index (χ3v) is 5.59. The van der Waals surface area contributed by atoms with Crippen LogP contribution in [0, 0.1) is 0 Å². The highest BCUT2D eigenvalue weighted by atomic mass is 32.1. The van der Waals surface area contributed by atoms with Crippen molar-refractivity contribution in [3.8, 4) is 11.1 Å². The molecule has 6 nitrogen and oxygen atoms in total. The Morgan fingerprint density at radius 2 is 1.93 bits per heavy atom. The third kappa shape index (κ3) is 5.25. The van der Waals surface area contributed by atoms with Gasteiger partial charge in [0.25, 0.3) is 0 Å². The number of carbonyl (C=O) groups is 1. The van der Waals surface area contributed by atoms with E-state index in [-0.39, 0.29) is 24.5 Å². The zero-order valence-corrected chi connectivity index (χ0v) is 18.5. The quantitative estimate of drug-likeness (QED) is 0.660. The number of likely N-dealkylation sites (N-methyl/N-ethyl adjacent to an activating group) is 1. The molecular formula is C21H32N4O2S. The smallest absolute Gasteiger partial charge is 0.238 e. The Morgan fingerprint density at radius 3 is 2.50 bits per heavy atom. The summed E-state index contributed by atoms with van der Waals surface area (Å²) in [5.41, 5.74) is 10.3. The minimum atomic E-state index is -0.114. The fraction of sp³-hybridized carbons (Fsp3) is 0.476. The van der Waals surface area contributed by atoms with Gasteiger partial charge < -0.3 is 21.1 Å². The van der Waals surface area contributed by atoms with E-state index in [9.17, 15) is 4.79 Å². The predicted molar refractivity (Wildman–Crippen MR) is 120 cm³/mol. The van der Waals surface area contributed by atoms with Gasteiger partial charge in [0, 0.05) is 37.5 Å². The second-order valence-electron chi connectivity index (χ2n) is 8.26. The molecule has 154 valence electrons. The van der Waals surface area contributed by atoms with E-state index in [1.807, 2.05) is 38.4 Å². The lowest BCUT2D eigenvalue weighted by atomic mass is 9.83. The van der Waals surface area contributed by atoms with Crippen molar-refractivity contribution in [2.75, 3.05) is 56.8 Å². The van der Waals surface area contributed by atoms with Crippen LogP contribution in [0.5, 0.6) is 0 Å². The normalized spacial score (nSPS) is 11.7. The Morgan fingerprint density at radius 1 is 1.25 bits per heavy atom. The molecule has 1 amide bonds. The number of nitrogens with zero attached hydrogens (tertiary/aromatic N) is 2. The van der Waals surface area contributed by atoms with Gasteiger partial charge in [0.15, 0.2) is 0 Å². The molecule has 2 aromatic rings. The Balaban J connectivity index is 2.38. The Kier molecular flexibility index (Phi) is 7.09. The summed E-state index contributed by atoms with van der Waals surface area (Å²) in [4.78, 5) is 16.1. The van der Waals surface area contributed by atoms with Crippen molar-refractivity contribution in [3.05, 3.63) is 29.8 Å². The Labute approximate surface area is 172 Å². The topological polar surface area (TPSA) is 81.8 Å². The van der Waals surface area contributed by atoms with E-state index in [2.05, 4.69) is 31.0 Å². The van der Waals surface area contributed by atoms with Gasteiger partial charge in [0.1, 0.15) is 0 Å². The van der Waals surface area contributed by atoms with Crippen molar-refractivity contribution in [1.82, 2.24) is 4.90 Å². The maximum Gasteiger partial charge on any atom is 0.238 e. The summed E-state index contributed by atoms with van der Waals surface area (Å²) >= 11 is 1.59. The number of amides is 1. The molecule has 2 rings (SSSR count). The SMILES string of the molecule is CN(CCO)CC(=O)Nc1cccc(-c2c(N)sc(N(C)C)c2C(C)(C)C)c1. The van der Waals surface area contributed by atoms with Crippen LogP contribution in [0.1, 0.15) is 26.3 Å². The van der Waals surface area contributed by atoms with Crippen molar-refractivity contribution in [3.63, 3.8) is 0 Å². The van der Waals surface area contributed by atoms with Crippen molar-refractivity contribution < 1.29 is 9.90 Å².